The number of carbonyl (C=O) groups is 1. The fourth-order valence-electron chi connectivity index (χ4n) is 5.51. The Labute approximate surface area is 236 Å². The number of ketones is 1. The van der Waals surface area contributed by atoms with Gasteiger partial charge in [0, 0.05) is 11.1 Å². The molecule has 0 fully saturated rings. The Morgan fingerprint density at radius 2 is 1.08 bits per heavy atom. The van der Waals surface area contributed by atoms with Crippen LogP contribution in [0, 0.1) is 0 Å². The summed E-state index contributed by atoms with van der Waals surface area (Å²) >= 11 is 3.39. The SMILES string of the molecule is O=C(C1=NN(c2ccccc2)C2(S1)SC(c1ccccc1)(c1ccccc1)c1ccccc12)c1ccccc1. The molecular weight excluding hydrogens is 517 g/mol. The van der Waals surface area contributed by atoms with Crippen molar-refractivity contribution in [1.29, 1.82) is 0 Å². The predicted octanol–water partition coefficient (Wildman–Crippen LogP) is 8.29. The zero-order chi connectivity index (χ0) is 26.3. The van der Waals surface area contributed by atoms with Crippen LogP contribution in [0.3, 0.4) is 0 Å². The number of carbonyl (C=O) groups excluding carboxylic acids is 1. The smallest absolute Gasteiger partial charge is 0.219 e. The molecule has 0 radical (unpaired) electrons. The predicted molar refractivity (Wildman–Crippen MR) is 163 cm³/mol. The van der Waals surface area contributed by atoms with E-state index in [1.807, 2.05) is 60.3 Å². The maximum atomic E-state index is 13.8. The molecule has 3 nitrogen and oxygen atoms in total. The number of nitrogens with zero attached hydrogens (tertiary/aromatic N) is 2. The van der Waals surface area contributed by atoms with E-state index in [1.54, 1.807) is 11.8 Å². The van der Waals surface area contributed by atoms with Gasteiger partial charge in [-0.05, 0) is 28.8 Å². The highest BCUT2D eigenvalue weighted by Crippen LogP contribution is 2.70. The van der Waals surface area contributed by atoms with Gasteiger partial charge in [-0.2, -0.15) is 5.10 Å². The highest BCUT2D eigenvalue weighted by Gasteiger charge is 2.61. The third-order valence-electron chi connectivity index (χ3n) is 7.23. The number of anilines is 1. The van der Waals surface area contributed by atoms with Gasteiger partial charge in [0.2, 0.25) is 5.78 Å². The summed E-state index contributed by atoms with van der Waals surface area (Å²) in [5.74, 6) is -0.0617. The summed E-state index contributed by atoms with van der Waals surface area (Å²) in [7, 11) is 0. The Hall–Kier alpha value is -4.06. The Morgan fingerprint density at radius 1 is 0.590 bits per heavy atom. The number of rotatable bonds is 5. The minimum Gasteiger partial charge on any atom is -0.286 e. The Morgan fingerprint density at radius 3 is 1.67 bits per heavy atom. The lowest BCUT2D eigenvalue weighted by Gasteiger charge is -2.37. The second-order valence-electron chi connectivity index (χ2n) is 9.49. The van der Waals surface area contributed by atoms with Crippen LogP contribution in [0.1, 0.15) is 32.6 Å². The van der Waals surface area contributed by atoms with Gasteiger partial charge in [0.1, 0.15) is 0 Å². The minimum absolute atomic E-state index is 0.0617. The summed E-state index contributed by atoms with van der Waals surface area (Å²) in [6, 6.07) is 49.6. The zero-order valence-electron chi connectivity index (χ0n) is 21.0. The first-order valence-corrected chi connectivity index (χ1v) is 14.5. The topological polar surface area (TPSA) is 32.7 Å². The molecule has 1 spiro atoms. The van der Waals surface area contributed by atoms with E-state index >= 15 is 0 Å². The number of fused-ring (bicyclic) bond motifs is 2. The summed E-state index contributed by atoms with van der Waals surface area (Å²) < 4.78 is -1.19. The second-order valence-corrected chi connectivity index (χ2v) is 12.3. The molecule has 1 unspecified atom stereocenters. The number of hydrogen-bond donors (Lipinski definition) is 0. The molecule has 7 rings (SSSR count). The van der Waals surface area contributed by atoms with E-state index in [9.17, 15) is 4.79 Å². The number of hydrazone groups is 1. The molecule has 0 aromatic heterocycles. The van der Waals surface area contributed by atoms with Crippen molar-refractivity contribution in [3.8, 4) is 0 Å². The Kier molecular flexibility index (Phi) is 5.91. The number of Topliss-reactive ketones (excluding diaryl/α,β-unsaturated/α-hetero) is 1. The van der Waals surface area contributed by atoms with Crippen LogP contribution < -0.4 is 5.01 Å². The second kappa shape index (κ2) is 9.60. The van der Waals surface area contributed by atoms with Crippen molar-refractivity contribution >= 4 is 40.0 Å². The van der Waals surface area contributed by atoms with E-state index in [2.05, 4.69) is 102 Å². The van der Waals surface area contributed by atoms with Crippen LogP contribution >= 0.6 is 23.5 Å². The van der Waals surface area contributed by atoms with E-state index in [1.165, 1.54) is 16.7 Å². The van der Waals surface area contributed by atoms with Crippen molar-refractivity contribution in [3.63, 3.8) is 0 Å². The molecule has 5 heteroatoms. The van der Waals surface area contributed by atoms with Gasteiger partial charge in [-0.3, -0.25) is 4.79 Å². The first-order valence-electron chi connectivity index (χ1n) is 12.9. The van der Waals surface area contributed by atoms with Crippen LogP contribution in [0.5, 0.6) is 0 Å². The minimum atomic E-state index is -0.691. The fraction of sp³-hybridized carbons (Fsp3) is 0.0588. The van der Waals surface area contributed by atoms with Crippen molar-refractivity contribution in [1.82, 2.24) is 0 Å². The van der Waals surface area contributed by atoms with E-state index < -0.39 is 8.95 Å². The molecule has 1 atom stereocenters. The lowest BCUT2D eigenvalue weighted by atomic mass is 9.82. The average Bonchev–Trinajstić information content (AvgIpc) is 3.55. The number of hydrogen-bond acceptors (Lipinski definition) is 5. The monoisotopic (exact) mass is 540 g/mol. The molecule has 5 aromatic rings. The lowest BCUT2D eigenvalue weighted by Crippen LogP contribution is -2.34. The molecular formula is C34H24N2OS2. The fourth-order valence-corrected chi connectivity index (χ4v) is 9.14. The van der Waals surface area contributed by atoms with Crippen molar-refractivity contribution in [2.75, 3.05) is 5.01 Å². The van der Waals surface area contributed by atoms with Crippen molar-refractivity contribution in [2.45, 2.75) is 8.95 Å². The first kappa shape index (κ1) is 24.0. The summed E-state index contributed by atoms with van der Waals surface area (Å²) in [5, 5.41) is 7.61. The average molecular weight is 541 g/mol. The standard InChI is InChI=1S/C34H24N2OS2/c37-31(25-15-5-1-6-16-25)32-35-36(28-21-11-4-12-22-28)34(38-32)30-24-14-13-23-29(30)33(39-34,26-17-7-2-8-18-26)27-19-9-3-10-20-27/h1-24H. The highest BCUT2D eigenvalue weighted by atomic mass is 32.2. The number of para-hydroxylation sites is 1. The molecule has 0 amide bonds. The molecule has 0 saturated carbocycles. The quantitative estimate of drug-likeness (QED) is 0.210. The van der Waals surface area contributed by atoms with Crippen LogP contribution in [0.2, 0.25) is 0 Å². The van der Waals surface area contributed by atoms with E-state index in [0.717, 1.165) is 11.3 Å². The normalized spacial score (nSPS) is 19.1. The molecule has 0 aliphatic carbocycles. The molecule has 5 aromatic carbocycles. The van der Waals surface area contributed by atoms with Gasteiger partial charge in [0.05, 0.1) is 10.4 Å². The van der Waals surface area contributed by atoms with Crippen LogP contribution in [-0.2, 0) is 8.95 Å². The van der Waals surface area contributed by atoms with Crippen molar-refractivity contribution < 1.29 is 4.79 Å². The van der Waals surface area contributed by atoms with Crippen molar-refractivity contribution in [3.05, 3.63) is 173 Å². The van der Waals surface area contributed by atoms with Crippen LogP contribution in [0.25, 0.3) is 0 Å². The van der Waals surface area contributed by atoms with E-state index in [4.69, 9.17) is 5.10 Å². The summed E-state index contributed by atoms with van der Waals surface area (Å²) in [5.41, 5.74) is 6.34. The molecule has 0 saturated heterocycles. The van der Waals surface area contributed by atoms with E-state index in [0.29, 0.717) is 10.6 Å². The third kappa shape index (κ3) is 3.76. The maximum absolute atomic E-state index is 13.8. The third-order valence-corrected chi connectivity index (χ3v) is 10.5. The summed E-state index contributed by atoms with van der Waals surface area (Å²) in [6.45, 7) is 0. The Balaban J connectivity index is 1.47. The van der Waals surface area contributed by atoms with Crippen molar-refractivity contribution in [2.24, 2.45) is 5.10 Å². The van der Waals surface area contributed by atoms with Gasteiger partial charge >= 0.3 is 0 Å². The molecule has 39 heavy (non-hydrogen) atoms. The van der Waals surface area contributed by atoms with Crippen LogP contribution in [-0.4, -0.2) is 10.8 Å². The van der Waals surface area contributed by atoms with E-state index in [-0.39, 0.29) is 5.78 Å². The molecule has 188 valence electrons. The summed E-state index contributed by atoms with van der Waals surface area (Å²) in [6.07, 6.45) is 0. The van der Waals surface area contributed by atoms with Gasteiger partial charge in [0.25, 0.3) is 0 Å². The number of benzene rings is 5. The first-order chi connectivity index (χ1) is 19.2. The van der Waals surface area contributed by atoms with Gasteiger partial charge < -0.3 is 0 Å². The highest BCUT2D eigenvalue weighted by molar-refractivity contribution is 8.27. The summed E-state index contributed by atoms with van der Waals surface area (Å²) in [4.78, 5) is 13.8. The Bertz CT molecular complexity index is 1630. The van der Waals surface area contributed by atoms with Crippen LogP contribution in [0.15, 0.2) is 151 Å². The molecule has 0 N–H and O–H groups in total. The lowest BCUT2D eigenvalue weighted by molar-refractivity contribution is 0.106. The number of thioether (sulfide) groups is 2. The maximum Gasteiger partial charge on any atom is 0.219 e. The molecule has 2 heterocycles. The van der Waals surface area contributed by atoms with Crippen LogP contribution in [0.4, 0.5) is 5.69 Å². The largest absolute Gasteiger partial charge is 0.286 e. The van der Waals surface area contributed by atoms with Gasteiger partial charge in [-0.15, -0.1) is 0 Å². The molecule has 2 aliphatic heterocycles. The molecule has 2 aliphatic rings. The molecule has 0 bridgehead atoms. The van der Waals surface area contributed by atoms with Gasteiger partial charge in [-0.1, -0.05) is 157 Å². The van der Waals surface area contributed by atoms with Gasteiger partial charge in [-0.25, -0.2) is 5.01 Å². The van der Waals surface area contributed by atoms with Gasteiger partial charge in [0.15, 0.2) is 9.25 Å². The zero-order valence-corrected chi connectivity index (χ0v) is 22.6.